The van der Waals surface area contributed by atoms with Crippen molar-refractivity contribution in [3.05, 3.63) is 64.9 Å². The minimum atomic E-state index is 0.693. The average molecular weight is 286 g/mol. The van der Waals surface area contributed by atoms with Gasteiger partial charge in [-0.3, -0.25) is 0 Å². The second-order valence-corrected chi connectivity index (χ2v) is 5.45. The van der Waals surface area contributed by atoms with Gasteiger partial charge in [0.15, 0.2) is 0 Å². The molecule has 2 N–H and O–H groups in total. The molecular formula is C18H20ClN. The summed E-state index contributed by atoms with van der Waals surface area (Å²) in [5.74, 6) is 0. The molecule has 0 aliphatic rings. The van der Waals surface area contributed by atoms with E-state index in [0.29, 0.717) is 5.03 Å². The van der Waals surface area contributed by atoms with Gasteiger partial charge in [0.25, 0.3) is 0 Å². The van der Waals surface area contributed by atoms with Crippen LogP contribution in [-0.4, -0.2) is 0 Å². The van der Waals surface area contributed by atoms with Crippen LogP contribution in [0, 0.1) is 6.92 Å². The van der Waals surface area contributed by atoms with E-state index in [2.05, 4.69) is 38.1 Å². The summed E-state index contributed by atoms with van der Waals surface area (Å²) in [4.78, 5) is 0. The summed E-state index contributed by atoms with van der Waals surface area (Å²) < 4.78 is 0. The quantitative estimate of drug-likeness (QED) is 0.754. The van der Waals surface area contributed by atoms with Gasteiger partial charge in [0.05, 0.1) is 5.03 Å². The second-order valence-electron chi connectivity index (χ2n) is 5.04. The minimum absolute atomic E-state index is 0.693. The molecule has 0 bridgehead atoms. The van der Waals surface area contributed by atoms with Crippen molar-refractivity contribution in [1.82, 2.24) is 0 Å². The van der Waals surface area contributed by atoms with E-state index < -0.39 is 0 Å². The van der Waals surface area contributed by atoms with Crippen LogP contribution in [0.5, 0.6) is 0 Å². The lowest BCUT2D eigenvalue weighted by Crippen LogP contribution is -1.98. The highest BCUT2D eigenvalue weighted by Crippen LogP contribution is 2.29. The van der Waals surface area contributed by atoms with Gasteiger partial charge in [0.2, 0.25) is 0 Å². The van der Waals surface area contributed by atoms with Gasteiger partial charge < -0.3 is 5.73 Å². The molecular weight excluding hydrogens is 266 g/mol. The van der Waals surface area contributed by atoms with Crippen LogP contribution in [0.25, 0.3) is 15.8 Å². The van der Waals surface area contributed by atoms with Crippen LogP contribution in [0.2, 0.25) is 0 Å². The van der Waals surface area contributed by atoms with Gasteiger partial charge in [0.1, 0.15) is 0 Å². The van der Waals surface area contributed by atoms with Crippen LogP contribution >= 0.6 is 11.6 Å². The molecule has 0 spiro atoms. The fourth-order valence-corrected chi connectivity index (χ4v) is 2.55. The number of nitrogens with two attached hydrogens (primary N) is 1. The average Bonchev–Trinajstić information content (AvgIpc) is 2.46. The van der Waals surface area contributed by atoms with Crippen molar-refractivity contribution < 1.29 is 0 Å². The van der Waals surface area contributed by atoms with Gasteiger partial charge in [-0.2, -0.15) is 0 Å². The zero-order valence-electron chi connectivity index (χ0n) is 12.2. The molecule has 2 aromatic rings. The maximum Gasteiger partial charge on any atom is 0.0501 e. The first-order chi connectivity index (χ1) is 9.54. The van der Waals surface area contributed by atoms with Crippen LogP contribution in [-0.2, 0) is 0 Å². The van der Waals surface area contributed by atoms with E-state index >= 15 is 0 Å². The highest BCUT2D eigenvalue weighted by molar-refractivity contribution is 6.49. The molecule has 0 saturated heterocycles. The lowest BCUT2D eigenvalue weighted by Gasteiger charge is -2.09. The fourth-order valence-electron chi connectivity index (χ4n) is 2.23. The molecule has 0 heterocycles. The number of hydrogen-bond donors (Lipinski definition) is 1. The van der Waals surface area contributed by atoms with E-state index in [4.69, 9.17) is 17.3 Å². The summed E-state index contributed by atoms with van der Waals surface area (Å²) in [6.07, 6.45) is 2.79. The lowest BCUT2D eigenvalue weighted by atomic mass is 9.99. The van der Waals surface area contributed by atoms with Gasteiger partial charge in [-0.15, -0.1) is 0 Å². The number of allylic oxidation sites excluding steroid dienone is 2. The molecule has 2 rings (SSSR count). The van der Waals surface area contributed by atoms with Gasteiger partial charge in [-0.25, -0.2) is 0 Å². The molecule has 0 aliphatic heterocycles. The fraction of sp³-hybridized carbons (Fsp3) is 0.222. The Labute approximate surface area is 125 Å². The summed E-state index contributed by atoms with van der Waals surface area (Å²) in [7, 11) is 0. The van der Waals surface area contributed by atoms with Crippen molar-refractivity contribution in [3.63, 3.8) is 0 Å². The number of rotatable bonds is 3. The van der Waals surface area contributed by atoms with Gasteiger partial charge in [-0.1, -0.05) is 60.5 Å². The van der Waals surface area contributed by atoms with E-state index in [1.807, 2.05) is 25.1 Å². The molecule has 2 aromatic carbocycles. The normalized spacial score (nSPS) is 13.5. The third kappa shape index (κ3) is 2.88. The molecule has 1 nitrogen and oxygen atoms in total. The van der Waals surface area contributed by atoms with E-state index in [1.54, 1.807) is 0 Å². The topological polar surface area (TPSA) is 26.0 Å². The molecule has 0 saturated carbocycles. The molecule has 0 radical (unpaired) electrons. The van der Waals surface area contributed by atoms with E-state index in [0.717, 1.165) is 23.3 Å². The molecule has 104 valence electrons. The van der Waals surface area contributed by atoms with Gasteiger partial charge >= 0.3 is 0 Å². The lowest BCUT2D eigenvalue weighted by molar-refractivity contribution is 1.06. The van der Waals surface area contributed by atoms with Gasteiger partial charge in [0, 0.05) is 5.70 Å². The van der Waals surface area contributed by atoms with Crippen molar-refractivity contribution in [2.75, 3.05) is 0 Å². The minimum Gasteiger partial charge on any atom is -0.399 e. The molecule has 0 fully saturated rings. The highest BCUT2D eigenvalue weighted by Gasteiger charge is 2.07. The van der Waals surface area contributed by atoms with E-state index in [1.165, 1.54) is 16.3 Å². The maximum absolute atomic E-state index is 6.45. The van der Waals surface area contributed by atoms with Crippen molar-refractivity contribution in [2.24, 2.45) is 5.73 Å². The second kappa shape index (κ2) is 6.15. The summed E-state index contributed by atoms with van der Waals surface area (Å²) in [6.45, 7) is 6.22. The predicted molar refractivity (Wildman–Crippen MR) is 89.7 cm³/mol. The van der Waals surface area contributed by atoms with Crippen molar-refractivity contribution >= 4 is 27.4 Å². The van der Waals surface area contributed by atoms with Crippen LogP contribution in [0.3, 0.4) is 0 Å². The zero-order valence-corrected chi connectivity index (χ0v) is 13.0. The van der Waals surface area contributed by atoms with Crippen molar-refractivity contribution in [3.8, 4) is 0 Å². The Hall–Kier alpha value is -1.73. The SMILES string of the molecule is CC/C(C)=C(N)\C=C(\Cl)c1ccc2ccccc2c1C. The van der Waals surface area contributed by atoms with Crippen molar-refractivity contribution in [2.45, 2.75) is 27.2 Å². The largest absolute Gasteiger partial charge is 0.399 e. The summed E-state index contributed by atoms with van der Waals surface area (Å²) in [5.41, 5.74) is 10.2. The number of benzene rings is 2. The number of halogens is 1. The Morgan fingerprint density at radius 3 is 2.60 bits per heavy atom. The number of hydrogen-bond acceptors (Lipinski definition) is 1. The summed E-state index contributed by atoms with van der Waals surface area (Å²) in [6, 6.07) is 12.5. The maximum atomic E-state index is 6.45. The summed E-state index contributed by atoms with van der Waals surface area (Å²) in [5, 5.41) is 3.15. The molecule has 0 amide bonds. The number of fused-ring (bicyclic) bond motifs is 1. The Kier molecular flexibility index (Phi) is 4.51. The molecule has 0 unspecified atom stereocenters. The molecule has 0 aliphatic carbocycles. The monoisotopic (exact) mass is 285 g/mol. The number of aryl methyl sites for hydroxylation is 1. The smallest absolute Gasteiger partial charge is 0.0501 e. The zero-order chi connectivity index (χ0) is 14.7. The van der Waals surface area contributed by atoms with Gasteiger partial charge in [-0.05, 0) is 48.2 Å². The molecule has 0 atom stereocenters. The highest BCUT2D eigenvalue weighted by atomic mass is 35.5. The van der Waals surface area contributed by atoms with Crippen LogP contribution in [0.1, 0.15) is 31.4 Å². The first kappa shape index (κ1) is 14.7. The Balaban J connectivity index is 2.53. The third-order valence-corrected chi connectivity index (χ3v) is 4.07. The first-order valence-corrected chi connectivity index (χ1v) is 7.23. The van der Waals surface area contributed by atoms with E-state index in [9.17, 15) is 0 Å². The molecule has 20 heavy (non-hydrogen) atoms. The first-order valence-electron chi connectivity index (χ1n) is 6.85. The van der Waals surface area contributed by atoms with Crippen LogP contribution in [0.4, 0.5) is 0 Å². The van der Waals surface area contributed by atoms with Crippen LogP contribution in [0.15, 0.2) is 53.7 Å². The van der Waals surface area contributed by atoms with Crippen LogP contribution < -0.4 is 5.73 Å². The Morgan fingerprint density at radius 1 is 1.20 bits per heavy atom. The standard InChI is InChI=1S/C18H20ClN/c1-4-12(2)18(20)11-17(19)16-10-9-14-7-5-6-8-15(14)13(16)3/h5-11H,4,20H2,1-3H3/b17-11+,18-12+. The Bertz CT molecular complexity index is 696. The third-order valence-electron chi connectivity index (χ3n) is 3.76. The molecule has 0 aromatic heterocycles. The molecule has 2 heteroatoms. The van der Waals surface area contributed by atoms with Crippen molar-refractivity contribution in [1.29, 1.82) is 0 Å². The van der Waals surface area contributed by atoms with E-state index in [-0.39, 0.29) is 0 Å². The Morgan fingerprint density at radius 2 is 1.90 bits per heavy atom. The summed E-state index contributed by atoms with van der Waals surface area (Å²) >= 11 is 6.45. The predicted octanol–water partition coefficient (Wildman–Crippen LogP) is 5.37.